The second-order valence-corrected chi connectivity index (χ2v) is 9.50. The van der Waals surface area contributed by atoms with E-state index < -0.39 is 17.7 Å². The van der Waals surface area contributed by atoms with Gasteiger partial charge in [-0.25, -0.2) is 0 Å². The molecule has 35 heavy (non-hydrogen) atoms. The van der Waals surface area contributed by atoms with E-state index in [-0.39, 0.29) is 11.3 Å². The van der Waals surface area contributed by atoms with Crippen molar-refractivity contribution in [3.8, 4) is 0 Å². The molecule has 1 atom stereocenters. The first-order valence-electron chi connectivity index (χ1n) is 12.1. The third-order valence-corrected chi connectivity index (χ3v) is 6.97. The van der Waals surface area contributed by atoms with E-state index in [9.17, 15) is 14.7 Å². The van der Waals surface area contributed by atoms with Crippen molar-refractivity contribution in [2.45, 2.75) is 46.1 Å². The number of rotatable bonds is 4. The molecule has 0 radical (unpaired) electrons. The lowest BCUT2D eigenvalue weighted by Crippen LogP contribution is -2.30. The number of Topliss-reactive ketones (excluding diaryl/α,β-unsaturated/α-hetero) is 1. The molecule has 0 spiro atoms. The van der Waals surface area contributed by atoms with Gasteiger partial charge in [0, 0.05) is 30.0 Å². The summed E-state index contributed by atoms with van der Waals surface area (Å²) in [6.07, 6.45) is 3.60. The molecular weight excluding hydrogens is 440 g/mol. The molecule has 0 bridgehead atoms. The molecule has 3 heterocycles. The van der Waals surface area contributed by atoms with Crippen molar-refractivity contribution in [1.82, 2.24) is 0 Å². The summed E-state index contributed by atoms with van der Waals surface area (Å²) in [6, 6.07) is 16.1. The Balaban J connectivity index is 1.61. The summed E-state index contributed by atoms with van der Waals surface area (Å²) in [5, 5.41) is 11.4. The van der Waals surface area contributed by atoms with Crippen molar-refractivity contribution in [1.29, 1.82) is 0 Å². The normalized spacial score (nSPS) is 20.0. The Labute approximate surface area is 205 Å². The van der Waals surface area contributed by atoms with Crippen molar-refractivity contribution in [2.75, 3.05) is 22.9 Å². The molecule has 3 aromatic rings. The standard InChI is InChI=1S/C29H30N2O4/c1-18-7-8-19(2)23(17-18)27(32)25-26(24-14-9-20(3)35-24)31(29(34)28(25)33)22-12-10-21(11-13-22)30-15-5-4-6-16-30/h7-14,17,26,32H,4-6,15-16H2,1-3H3/b27-25-. The fourth-order valence-electron chi connectivity index (χ4n) is 5.08. The quantitative estimate of drug-likeness (QED) is 0.295. The molecule has 0 aliphatic carbocycles. The SMILES string of the molecule is Cc1ccc(C)c(/C(O)=C2/C(=O)C(=O)N(c3ccc(N4CCCCC4)cc3)C2c2ccc(C)o2)c1. The number of hydrogen-bond donors (Lipinski definition) is 1. The Morgan fingerprint density at radius 3 is 2.23 bits per heavy atom. The van der Waals surface area contributed by atoms with Crippen molar-refractivity contribution in [3.05, 3.63) is 88.4 Å². The second-order valence-electron chi connectivity index (χ2n) is 9.50. The highest BCUT2D eigenvalue weighted by Gasteiger charge is 2.48. The number of aliphatic hydroxyl groups excluding tert-OH is 1. The fraction of sp³-hybridized carbons (Fsp3) is 0.310. The average molecular weight is 471 g/mol. The number of aryl methyl sites for hydroxylation is 3. The van der Waals surface area contributed by atoms with Crippen LogP contribution in [0.1, 0.15) is 53.5 Å². The average Bonchev–Trinajstić information content (AvgIpc) is 3.41. The molecule has 2 aliphatic heterocycles. The maximum atomic E-state index is 13.4. The zero-order valence-electron chi connectivity index (χ0n) is 20.4. The number of hydrogen-bond acceptors (Lipinski definition) is 5. The van der Waals surface area contributed by atoms with E-state index >= 15 is 0 Å². The highest BCUT2D eigenvalue weighted by molar-refractivity contribution is 6.51. The van der Waals surface area contributed by atoms with Gasteiger partial charge in [0.25, 0.3) is 11.7 Å². The van der Waals surface area contributed by atoms with Crippen LogP contribution in [0.4, 0.5) is 11.4 Å². The van der Waals surface area contributed by atoms with E-state index in [1.54, 1.807) is 12.1 Å². The summed E-state index contributed by atoms with van der Waals surface area (Å²) in [5.74, 6) is -0.480. The van der Waals surface area contributed by atoms with Crippen molar-refractivity contribution in [2.24, 2.45) is 0 Å². The summed E-state index contributed by atoms with van der Waals surface area (Å²) < 4.78 is 5.91. The first-order valence-corrected chi connectivity index (χ1v) is 12.1. The van der Waals surface area contributed by atoms with E-state index in [1.807, 2.05) is 63.2 Å². The third-order valence-electron chi connectivity index (χ3n) is 6.97. The van der Waals surface area contributed by atoms with Crippen LogP contribution < -0.4 is 9.80 Å². The molecule has 1 unspecified atom stereocenters. The topological polar surface area (TPSA) is 74.0 Å². The molecule has 1 amide bonds. The van der Waals surface area contributed by atoms with Gasteiger partial charge in [-0.05, 0) is 88.1 Å². The number of piperidine rings is 1. The van der Waals surface area contributed by atoms with Gasteiger partial charge in [0.1, 0.15) is 23.3 Å². The lowest BCUT2D eigenvalue weighted by molar-refractivity contribution is -0.132. The van der Waals surface area contributed by atoms with E-state index in [1.165, 1.54) is 24.2 Å². The Morgan fingerprint density at radius 2 is 1.57 bits per heavy atom. The highest BCUT2D eigenvalue weighted by Crippen LogP contribution is 2.43. The predicted molar refractivity (Wildman–Crippen MR) is 137 cm³/mol. The maximum Gasteiger partial charge on any atom is 0.300 e. The van der Waals surface area contributed by atoms with Gasteiger partial charge in [-0.1, -0.05) is 17.7 Å². The molecule has 1 aromatic heterocycles. The van der Waals surface area contributed by atoms with Crippen molar-refractivity contribution >= 4 is 28.8 Å². The minimum absolute atomic E-state index is 0.0400. The molecule has 0 saturated carbocycles. The zero-order valence-corrected chi connectivity index (χ0v) is 20.4. The van der Waals surface area contributed by atoms with Gasteiger partial charge >= 0.3 is 0 Å². The lowest BCUT2D eigenvalue weighted by Gasteiger charge is -2.29. The number of furan rings is 1. The van der Waals surface area contributed by atoms with Gasteiger partial charge in [-0.2, -0.15) is 0 Å². The molecule has 1 N–H and O–H groups in total. The van der Waals surface area contributed by atoms with Gasteiger partial charge in [-0.3, -0.25) is 14.5 Å². The summed E-state index contributed by atoms with van der Waals surface area (Å²) in [6.45, 7) is 7.65. The number of carbonyl (C=O) groups is 2. The zero-order chi connectivity index (χ0) is 24.7. The minimum atomic E-state index is -0.857. The fourth-order valence-corrected chi connectivity index (χ4v) is 5.08. The van der Waals surface area contributed by atoms with Gasteiger partial charge in [0.15, 0.2) is 0 Å². The Kier molecular flexibility index (Phi) is 5.97. The number of amides is 1. The van der Waals surface area contributed by atoms with Crippen LogP contribution in [0.25, 0.3) is 5.76 Å². The third kappa shape index (κ3) is 4.14. The number of aliphatic hydroxyl groups is 1. The first-order chi connectivity index (χ1) is 16.8. The van der Waals surface area contributed by atoms with Crippen LogP contribution in [0.3, 0.4) is 0 Å². The van der Waals surface area contributed by atoms with Crippen molar-refractivity contribution < 1.29 is 19.1 Å². The maximum absolute atomic E-state index is 13.4. The predicted octanol–water partition coefficient (Wildman–Crippen LogP) is 5.82. The molecule has 180 valence electrons. The molecule has 5 rings (SSSR count). The van der Waals surface area contributed by atoms with Crippen LogP contribution in [0.15, 0.2) is 64.6 Å². The van der Waals surface area contributed by atoms with Gasteiger partial charge in [-0.15, -0.1) is 0 Å². The van der Waals surface area contributed by atoms with Crippen LogP contribution in [0.5, 0.6) is 0 Å². The Morgan fingerprint density at radius 1 is 0.886 bits per heavy atom. The van der Waals surface area contributed by atoms with E-state index in [0.717, 1.165) is 29.9 Å². The molecule has 2 aromatic carbocycles. The summed E-state index contributed by atoms with van der Waals surface area (Å²) in [7, 11) is 0. The van der Waals surface area contributed by atoms with Crippen molar-refractivity contribution in [3.63, 3.8) is 0 Å². The largest absolute Gasteiger partial charge is 0.507 e. The number of ketones is 1. The molecule has 2 aliphatic rings. The molecule has 6 nitrogen and oxygen atoms in total. The van der Waals surface area contributed by atoms with E-state index in [0.29, 0.717) is 22.8 Å². The van der Waals surface area contributed by atoms with Crippen LogP contribution in [0, 0.1) is 20.8 Å². The summed E-state index contributed by atoms with van der Waals surface area (Å²) in [4.78, 5) is 30.5. The molecular formula is C29H30N2O4. The highest BCUT2D eigenvalue weighted by atomic mass is 16.3. The Hall–Kier alpha value is -3.80. The van der Waals surface area contributed by atoms with Gasteiger partial charge < -0.3 is 14.4 Å². The van der Waals surface area contributed by atoms with Crippen LogP contribution in [0.2, 0.25) is 0 Å². The molecule has 6 heteroatoms. The van der Waals surface area contributed by atoms with E-state index in [4.69, 9.17) is 4.42 Å². The van der Waals surface area contributed by atoms with Crippen LogP contribution in [-0.4, -0.2) is 29.9 Å². The molecule has 2 fully saturated rings. The lowest BCUT2D eigenvalue weighted by atomic mass is 9.96. The van der Waals surface area contributed by atoms with Crippen LogP contribution >= 0.6 is 0 Å². The second kappa shape index (κ2) is 9.10. The monoisotopic (exact) mass is 470 g/mol. The summed E-state index contributed by atoms with van der Waals surface area (Å²) in [5.41, 5.74) is 4.04. The van der Waals surface area contributed by atoms with Crippen LogP contribution in [-0.2, 0) is 9.59 Å². The first kappa shape index (κ1) is 23.0. The van der Waals surface area contributed by atoms with E-state index in [2.05, 4.69) is 4.90 Å². The minimum Gasteiger partial charge on any atom is -0.507 e. The van der Waals surface area contributed by atoms with Gasteiger partial charge in [0.2, 0.25) is 0 Å². The Bertz CT molecular complexity index is 1310. The molecule has 2 saturated heterocycles. The number of anilines is 2. The smallest absolute Gasteiger partial charge is 0.300 e. The summed E-state index contributed by atoms with van der Waals surface area (Å²) >= 11 is 0. The number of benzene rings is 2. The number of carbonyl (C=O) groups excluding carboxylic acids is 2. The van der Waals surface area contributed by atoms with Gasteiger partial charge in [0.05, 0.1) is 5.57 Å². The number of nitrogens with zero attached hydrogens (tertiary/aromatic N) is 2.